The number of hydrogen-bond acceptors (Lipinski definition) is 4. The topological polar surface area (TPSA) is 37.8 Å². The molecule has 0 radical (unpaired) electrons. The SMILES string of the molecule is CCCNC(CSc1cccc(Br)c1)c1cncnc1. The molecule has 0 saturated carbocycles. The maximum absolute atomic E-state index is 4.11. The van der Waals surface area contributed by atoms with E-state index in [1.54, 1.807) is 6.33 Å². The first-order chi connectivity index (χ1) is 9.79. The summed E-state index contributed by atoms with van der Waals surface area (Å²) in [5, 5.41) is 3.56. The average Bonchev–Trinajstić information content (AvgIpc) is 2.48. The van der Waals surface area contributed by atoms with E-state index in [-0.39, 0.29) is 6.04 Å². The Kier molecular flexibility index (Phi) is 6.50. The van der Waals surface area contributed by atoms with Gasteiger partial charge in [-0.05, 0) is 31.2 Å². The van der Waals surface area contributed by atoms with Crippen LogP contribution in [0.1, 0.15) is 24.9 Å². The van der Waals surface area contributed by atoms with Gasteiger partial charge in [-0.25, -0.2) is 9.97 Å². The number of nitrogens with zero attached hydrogens (tertiary/aromatic N) is 2. The Morgan fingerprint density at radius 3 is 2.80 bits per heavy atom. The van der Waals surface area contributed by atoms with E-state index in [0.29, 0.717) is 0 Å². The molecule has 5 heteroatoms. The molecule has 20 heavy (non-hydrogen) atoms. The summed E-state index contributed by atoms with van der Waals surface area (Å²) in [4.78, 5) is 9.49. The Morgan fingerprint density at radius 2 is 2.10 bits per heavy atom. The highest BCUT2D eigenvalue weighted by Crippen LogP contribution is 2.26. The van der Waals surface area contributed by atoms with Crippen molar-refractivity contribution in [3.05, 3.63) is 53.0 Å². The van der Waals surface area contributed by atoms with Crippen molar-refractivity contribution >= 4 is 27.7 Å². The van der Waals surface area contributed by atoms with Crippen molar-refractivity contribution in [1.82, 2.24) is 15.3 Å². The minimum absolute atomic E-state index is 0.278. The molecule has 0 bridgehead atoms. The fourth-order valence-electron chi connectivity index (χ4n) is 1.82. The molecule has 0 saturated heterocycles. The molecule has 2 aromatic rings. The lowest BCUT2D eigenvalue weighted by molar-refractivity contribution is 0.574. The lowest BCUT2D eigenvalue weighted by Gasteiger charge is -2.18. The summed E-state index contributed by atoms with van der Waals surface area (Å²) in [6.07, 6.45) is 6.47. The van der Waals surface area contributed by atoms with Crippen LogP contribution in [0.15, 0.2) is 52.4 Å². The molecule has 0 aliphatic rings. The third kappa shape index (κ3) is 4.89. The monoisotopic (exact) mass is 351 g/mol. The number of aromatic nitrogens is 2. The van der Waals surface area contributed by atoms with Gasteiger partial charge in [0.15, 0.2) is 0 Å². The Morgan fingerprint density at radius 1 is 1.30 bits per heavy atom. The Labute approximate surface area is 132 Å². The normalized spacial score (nSPS) is 12.3. The molecule has 1 heterocycles. The van der Waals surface area contributed by atoms with Crippen molar-refractivity contribution in [2.45, 2.75) is 24.3 Å². The second-order valence-electron chi connectivity index (χ2n) is 4.45. The highest BCUT2D eigenvalue weighted by Gasteiger charge is 2.11. The third-order valence-electron chi connectivity index (χ3n) is 2.84. The summed E-state index contributed by atoms with van der Waals surface area (Å²) >= 11 is 5.35. The first-order valence-corrected chi connectivity index (χ1v) is 8.44. The number of thioether (sulfide) groups is 1. The van der Waals surface area contributed by atoms with Gasteiger partial charge in [0.05, 0.1) is 0 Å². The first-order valence-electron chi connectivity index (χ1n) is 6.66. The molecule has 1 atom stereocenters. The Bertz CT molecular complexity index is 522. The van der Waals surface area contributed by atoms with Crippen LogP contribution in [0.25, 0.3) is 0 Å². The van der Waals surface area contributed by atoms with E-state index in [1.807, 2.05) is 30.2 Å². The molecule has 1 aromatic heterocycles. The second kappa shape index (κ2) is 8.39. The molecule has 1 aromatic carbocycles. The van der Waals surface area contributed by atoms with Crippen LogP contribution in [0.3, 0.4) is 0 Å². The standard InChI is InChI=1S/C15H18BrN3S/c1-2-6-19-15(12-8-17-11-18-9-12)10-20-14-5-3-4-13(16)7-14/h3-5,7-9,11,15,19H,2,6,10H2,1H3. The predicted molar refractivity (Wildman–Crippen MR) is 87.9 cm³/mol. The van der Waals surface area contributed by atoms with Gasteiger partial charge >= 0.3 is 0 Å². The molecular weight excluding hydrogens is 334 g/mol. The number of nitrogens with one attached hydrogen (secondary N) is 1. The lowest BCUT2D eigenvalue weighted by Crippen LogP contribution is -2.24. The van der Waals surface area contributed by atoms with E-state index in [2.05, 4.69) is 56.3 Å². The quantitative estimate of drug-likeness (QED) is 0.763. The van der Waals surface area contributed by atoms with Crippen LogP contribution in [0.4, 0.5) is 0 Å². The molecule has 0 fully saturated rings. The van der Waals surface area contributed by atoms with E-state index in [9.17, 15) is 0 Å². The van der Waals surface area contributed by atoms with Crippen LogP contribution in [0, 0.1) is 0 Å². The number of hydrogen-bond donors (Lipinski definition) is 1. The maximum Gasteiger partial charge on any atom is 0.115 e. The van der Waals surface area contributed by atoms with Gasteiger partial charge in [-0.1, -0.05) is 28.9 Å². The van der Waals surface area contributed by atoms with Crippen molar-refractivity contribution in [3.63, 3.8) is 0 Å². The van der Waals surface area contributed by atoms with Crippen molar-refractivity contribution < 1.29 is 0 Å². The van der Waals surface area contributed by atoms with Gasteiger partial charge in [0.2, 0.25) is 0 Å². The average molecular weight is 352 g/mol. The largest absolute Gasteiger partial charge is 0.309 e. The van der Waals surface area contributed by atoms with Crippen LogP contribution in [-0.2, 0) is 0 Å². The molecule has 0 aliphatic carbocycles. The van der Waals surface area contributed by atoms with Crippen LogP contribution < -0.4 is 5.32 Å². The smallest absolute Gasteiger partial charge is 0.115 e. The van der Waals surface area contributed by atoms with Crippen molar-refractivity contribution in [3.8, 4) is 0 Å². The summed E-state index contributed by atoms with van der Waals surface area (Å²) in [5.74, 6) is 0.962. The van der Waals surface area contributed by atoms with E-state index in [0.717, 1.165) is 28.8 Å². The van der Waals surface area contributed by atoms with Gasteiger partial charge in [0.1, 0.15) is 6.33 Å². The zero-order valence-corrected chi connectivity index (χ0v) is 13.8. The lowest BCUT2D eigenvalue weighted by atomic mass is 10.2. The van der Waals surface area contributed by atoms with E-state index >= 15 is 0 Å². The molecule has 1 N–H and O–H groups in total. The van der Waals surface area contributed by atoms with Crippen molar-refractivity contribution in [1.29, 1.82) is 0 Å². The molecule has 2 rings (SSSR count). The summed E-state index contributed by atoms with van der Waals surface area (Å²) < 4.78 is 1.11. The van der Waals surface area contributed by atoms with Gasteiger partial charge < -0.3 is 5.32 Å². The predicted octanol–water partition coefficient (Wildman–Crippen LogP) is 4.07. The minimum Gasteiger partial charge on any atom is -0.309 e. The molecule has 0 spiro atoms. The maximum atomic E-state index is 4.11. The fourth-order valence-corrected chi connectivity index (χ4v) is 3.42. The van der Waals surface area contributed by atoms with Crippen LogP contribution in [0.5, 0.6) is 0 Å². The second-order valence-corrected chi connectivity index (χ2v) is 6.46. The van der Waals surface area contributed by atoms with Gasteiger partial charge in [-0.2, -0.15) is 0 Å². The number of rotatable bonds is 7. The highest BCUT2D eigenvalue weighted by molar-refractivity contribution is 9.10. The zero-order chi connectivity index (χ0) is 14.2. The van der Waals surface area contributed by atoms with Gasteiger partial charge in [-0.15, -0.1) is 11.8 Å². The van der Waals surface area contributed by atoms with E-state index in [4.69, 9.17) is 0 Å². The van der Waals surface area contributed by atoms with Gasteiger partial charge in [-0.3, -0.25) is 0 Å². The summed E-state index contributed by atoms with van der Waals surface area (Å²) in [7, 11) is 0. The van der Waals surface area contributed by atoms with E-state index < -0.39 is 0 Å². The molecule has 1 unspecified atom stereocenters. The zero-order valence-electron chi connectivity index (χ0n) is 11.4. The Balaban J connectivity index is 2.01. The Hall–Kier alpha value is -0.910. The summed E-state index contributed by atoms with van der Waals surface area (Å²) in [6, 6.07) is 8.66. The first kappa shape index (κ1) is 15.5. The van der Waals surface area contributed by atoms with Crippen molar-refractivity contribution in [2.75, 3.05) is 12.3 Å². The highest BCUT2D eigenvalue weighted by atomic mass is 79.9. The molecule has 106 valence electrons. The number of halogens is 1. The fraction of sp³-hybridized carbons (Fsp3) is 0.333. The van der Waals surface area contributed by atoms with Crippen LogP contribution in [0.2, 0.25) is 0 Å². The van der Waals surface area contributed by atoms with Crippen LogP contribution >= 0.6 is 27.7 Å². The number of benzene rings is 1. The molecule has 0 aliphatic heterocycles. The van der Waals surface area contributed by atoms with E-state index in [1.165, 1.54) is 4.90 Å². The molecule has 0 amide bonds. The molecule has 3 nitrogen and oxygen atoms in total. The minimum atomic E-state index is 0.278. The van der Waals surface area contributed by atoms with Crippen molar-refractivity contribution in [2.24, 2.45) is 0 Å². The summed E-state index contributed by atoms with van der Waals surface area (Å²) in [5.41, 5.74) is 1.14. The summed E-state index contributed by atoms with van der Waals surface area (Å²) in [6.45, 7) is 3.17. The molecular formula is C15H18BrN3S. The van der Waals surface area contributed by atoms with Crippen LogP contribution in [-0.4, -0.2) is 22.3 Å². The van der Waals surface area contributed by atoms with Gasteiger partial charge in [0, 0.05) is 39.1 Å². The third-order valence-corrected chi connectivity index (χ3v) is 4.42. The van der Waals surface area contributed by atoms with Gasteiger partial charge in [0.25, 0.3) is 0 Å².